The Balaban J connectivity index is 1.84. The summed E-state index contributed by atoms with van der Waals surface area (Å²) in [7, 11) is -3.47. The molecule has 128 valence electrons. The minimum Gasteiger partial charge on any atom is -0.219 e. The third-order valence-corrected chi connectivity index (χ3v) is 6.96. The van der Waals surface area contributed by atoms with Gasteiger partial charge in [-0.25, -0.2) is 8.42 Å². The summed E-state index contributed by atoms with van der Waals surface area (Å²) in [6, 6.07) is 20.4. The van der Waals surface area contributed by atoms with Gasteiger partial charge in [0.05, 0.1) is 9.79 Å². The lowest BCUT2D eigenvalue weighted by Gasteiger charge is -2.08. The van der Waals surface area contributed by atoms with Crippen LogP contribution in [0, 0.1) is 20.8 Å². The van der Waals surface area contributed by atoms with E-state index < -0.39 is 9.84 Å². The number of rotatable bonds is 4. The number of sulfone groups is 1. The summed E-state index contributed by atoms with van der Waals surface area (Å²) in [5.41, 5.74) is 3.56. The molecule has 0 saturated heterocycles. The van der Waals surface area contributed by atoms with Crippen molar-refractivity contribution in [2.24, 2.45) is 0 Å². The quantitative estimate of drug-likeness (QED) is 0.601. The van der Waals surface area contributed by atoms with E-state index in [0.29, 0.717) is 9.79 Å². The predicted octanol–water partition coefficient (Wildman–Crippen LogP) is 5.60. The SMILES string of the molecule is Cc1ccc(S(=O)(=O)c2ccc(Sc3ccc(C)c(C)c3)cc2)cc1. The summed E-state index contributed by atoms with van der Waals surface area (Å²) in [6.45, 7) is 6.13. The molecule has 3 aromatic carbocycles. The van der Waals surface area contributed by atoms with Gasteiger partial charge in [-0.05, 0) is 80.4 Å². The zero-order chi connectivity index (χ0) is 18.0. The molecule has 0 amide bonds. The van der Waals surface area contributed by atoms with Crippen molar-refractivity contribution in [3.8, 4) is 0 Å². The van der Waals surface area contributed by atoms with Crippen molar-refractivity contribution in [2.45, 2.75) is 40.4 Å². The highest BCUT2D eigenvalue weighted by molar-refractivity contribution is 7.99. The van der Waals surface area contributed by atoms with Crippen LogP contribution in [0.2, 0.25) is 0 Å². The van der Waals surface area contributed by atoms with Gasteiger partial charge in [0, 0.05) is 9.79 Å². The normalized spacial score (nSPS) is 11.5. The van der Waals surface area contributed by atoms with Crippen LogP contribution in [-0.2, 0) is 9.84 Å². The lowest BCUT2D eigenvalue weighted by molar-refractivity contribution is 0.596. The Morgan fingerprint density at radius 1 is 0.640 bits per heavy atom. The molecule has 0 radical (unpaired) electrons. The monoisotopic (exact) mass is 368 g/mol. The first-order valence-electron chi connectivity index (χ1n) is 8.03. The average Bonchev–Trinajstić information content (AvgIpc) is 2.59. The number of benzene rings is 3. The van der Waals surface area contributed by atoms with Crippen LogP contribution in [0.3, 0.4) is 0 Å². The molecule has 0 spiro atoms. The number of hydrogen-bond donors (Lipinski definition) is 0. The zero-order valence-electron chi connectivity index (χ0n) is 14.5. The van der Waals surface area contributed by atoms with E-state index >= 15 is 0 Å². The largest absolute Gasteiger partial charge is 0.219 e. The Kier molecular flexibility index (Phi) is 5.02. The smallest absolute Gasteiger partial charge is 0.206 e. The summed E-state index contributed by atoms with van der Waals surface area (Å²) in [4.78, 5) is 2.82. The van der Waals surface area contributed by atoms with E-state index in [1.165, 1.54) is 11.1 Å². The van der Waals surface area contributed by atoms with Gasteiger partial charge in [-0.2, -0.15) is 0 Å². The Morgan fingerprint density at radius 3 is 1.72 bits per heavy atom. The first-order chi connectivity index (χ1) is 11.9. The lowest BCUT2D eigenvalue weighted by atomic mass is 10.1. The van der Waals surface area contributed by atoms with Crippen molar-refractivity contribution in [3.63, 3.8) is 0 Å². The van der Waals surface area contributed by atoms with Gasteiger partial charge in [0.25, 0.3) is 0 Å². The Labute approximate surface area is 153 Å². The molecule has 0 saturated carbocycles. The minimum atomic E-state index is -3.47. The standard InChI is InChI=1S/C21H20O2S2/c1-15-4-10-20(11-5-15)25(22,23)21-12-8-18(9-13-21)24-19-7-6-16(2)17(3)14-19/h4-14H,1-3H3. The van der Waals surface area contributed by atoms with E-state index in [1.54, 1.807) is 36.0 Å². The molecule has 0 aliphatic rings. The summed E-state index contributed by atoms with van der Waals surface area (Å²) >= 11 is 1.63. The molecule has 0 aromatic heterocycles. The number of aryl methyl sites for hydroxylation is 3. The van der Waals surface area contributed by atoms with Gasteiger partial charge in [-0.1, -0.05) is 35.5 Å². The van der Waals surface area contributed by atoms with Crippen molar-refractivity contribution in [2.75, 3.05) is 0 Å². The lowest BCUT2D eigenvalue weighted by Crippen LogP contribution is -2.01. The third-order valence-electron chi connectivity index (χ3n) is 4.18. The van der Waals surface area contributed by atoms with Crippen molar-refractivity contribution < 1.29 is 8.42 Å². The van der Waals surface area contributed by atoms with Crippen LogP contribution in [0.25, 0.3) is 0 Å². The first-order valence-corrected chi connectivity index (χ1v) is 10.3. The molecule has 3 rings (SSSR count). The van der Waals surface area contributed by atoms with Crippen LogP contribution in [0.1, 0.15) is 16.7 Å². The molecule has 4 heteroatoms. The fraction of sp³-hybridized carbons (Fsp3) is 0.143. The summed E-state index contributed by atoms with van der Waals surface area (Å²) < 4.78 is 25.4. The molecule has 25 heavy (non-hydrogen) atoms. The molecule has 0 atom stereocenters. The molecule has 0 unspecified atom stereocenters. The highest BCUT2D eigenvalue weighted by Gasteiger charge is 2.17. The zero-order valence-corrected chi connectivity index (χ0v) is 16.1. The Morgan fingerprint density at radius 2 is 1.16 bits per heavy atom. The Hall–Kier alpha value is -2.04. The molecule has 3 aromatic rings. The van der Waals surface area contributed by atoms with Crippen molar-refractivity contribution in [1.29, 1.82) is 0 Å². The van der Waals surface area contributed by atoms with Crippen LogP contribution in [0.15, 0.2) is 86.3 Å². The van der Waals surface area contributed by atoms with Gasteiger partial charge >= 0.3 is 0 Å². The van der Waals surface area contributed by atoms with Gasteiger partial charge < -0.3 is 0 Å². The van der Waals surface area contributed by atoms with E-state index in [1.807, 2.05) is 31.2 Å². The van der Waals surface area contributed by atoms with Crippen LogP contribution in [0.5, 0.6) is 0 Å². The molecule has 0 heterocycles. The van der Waals surface area contributed by atoms with Crippen LogP contribution in [-0.4, -0.2) is 8.42 Å². The molecule has 0 N–H and O–H groups in total. The first kappa shape index (κ1) is 17.8. The fourth-order valence-electron chi connectivity index (χ4n) is 2.45. The van der Waals surface area contributed by atoms with Gasteiger partial charge in [0.2, 0.25) is 9.84 Å². The van der Waals surface area contributed by atoms with Gasteiger partial charge in [-0.15, -0.1) is 0 Å². The second-order valence-electron chi connectivity index (χ2n) is 6.14. The second kappa shape index (κ2) is 7.06. The van der Waals surface area contributed by atoms with Crippen molar-refractivity contribution >= 4 is 21.6 Å². The summed E-state index contributed by atoms with van der Waals surface area (Å²) in [6.07, 6.45) is 0. The molecule has 0 aliphatic heterocycles. The Bertz CT molecular complexity index is 987. The van der Waals surface area contributed by atoms with E-state index in [9.17, 15) is 8.42 Å². The second-order valence-corrected chi connectivity index (χ2v) is 9.23. The fourth-order valence-corrected chi connectivity index (χ4v) is 4.63. The van der Waals surface area contributed by atoms with E-state index in [-0.39, 0.29) is 0 Å². The van der Waals surface area contributed by atoms with Gasteiger partial charge in [-0.3, -0.25) is 0 Å². The van der Waals surface area contributed by atoms with Crippen LogP contribution in [0.4, 0.5) is 0 Å². The predicted molar refractivity (Wildman–Crippen MR) is 103 cm³/mol. The van der Waals surface area contributed by atoms with E-state index in [4.69, 9.17) is 0 Å². The molecule has 0 aliphatic carbocycles. The van der Waals surface area contributed by atoms with Crippen LogP contribution >= 0.6 is 11.8 Å². The summed E-state index contributed by atoms with van der Waals surface area (Å²) in [5, 5.41) is 0. The minimum absolute atomic E-state index is 0.320. The highest BCUT2D eigenvalue weighted by atomic mass is 32.2. The van der Waals surface area contributed by atoms with Crippen LogP contribution < -0.4 is 0 Å². The van der Waals surface area contributed by atoms with Crippen molar-refractivity contribution in [3.05, 3.63) is 83.4 Å². The average molecular weight is 369 g/mol. The molecular weight excluding hydrogens is 348 g/mol. The maximum atomic E-state index is 12.7. The molecule has 2 nitrogen and oxygen atoms in total. The number of hydrogen-bond acceptors (Lipinski definition) is 3. The highest BCUT2D eigenvalue weighted by Crippen LogP contribution is 2.30. The van der Waals surface area contributed by atoms with E-state index in [0.717, 1.165) is 15.4 Å². The van der Waals surface area contributed by atoms with Gasteiger partial charge in [0.1, 0.15) is 0 Å². The maximum Gasteiger partial charge on any atom is 0.206 e. The van der Waals surface area contributed by atoms with E-state index in [2.05, 4.69) is 32.0 Å². The molecule has 0 bridgehead atoms. The van der Waals surface area contributed by atoms with Gasteiger partial charge in [0.15, 0.2) is 0 Å². The molecule has 0 fully saturated rings. The van der Waals surface area contributed by atoms with Crippen molar-refractivity contribution in [1.82, 2.24) is 0 Å². The topological polar surface area (TPSA) is 34.1 Å². The summed E-state index contributed by atoms with van der Waals surface area (Å²) in [5.74, 6) is 0. The molecular formula is C21H20O2S2. The maximum absolute atomic E-state index is 12.7. The third kappa shape index (κ3) is 3.97.